The van der Waals surface area contributed by atoms with Crippen LogP contribution in [-0.2, 0) is 6.54 Å². The van der Waals surface area contributed by atoms with Crippen LogP contribution in [0.4, 0.5) is 5.69 Å². The van der Waals surface area contributed by atoms with Crippen molar-refractivity contribution in [2.45, 2.75) is 6.54 Å². The summed E-state index contributed by atoms with van der Waals surface area (Å²) in [5, 5.41) is 10.6. The van der Waals surface area contributed by atoms with Crippen LogP contribution in [-0.4, -0.2) is 12.0 Å². The molecule has 0 aromatic heterocycles. The first-order valence-corrected chi connectivity index (χ1v) is 4.60. The Bertz CT molecular complexity index is 368. The number of methoxy groups -OCH3 is 1. The van der Waals surface area contributed by atoms with Crippen molar-refractivity contribution in [2.75, 3.05) is 7.11 Å². The van der Waals surface area contributed by atoms with Gasteiger partial charge in [-0.25, -0.2) is 0 Å². The maximum atomic E-state index is 10.6. The predicted molar refractivity (Wildman–Crippen MR) is 55.2 cm³/mol. The lowest BCUT2D eigenvalue weighted by Gasteiger charge is -2.05. The standard InChI is InChI=1S/C8H9BrN2O3/c1-14-8-3-7(11(12)13)5(4-10)2-6(8)9/h2-3H,4,10H2,1H3. The lowest BCUT2D eigenvalue weighted by atomic mass is 10.2. The molecule has 0 aliphatic heterocycles. The smallest absolute Gasteiger partial charge is 0.277 e. The fourth-order valence-electron chi connectivity index (χ4n) is 1.07. The van der Waals surface area contributed by atoms with Crippen LogP contribution in [0.3, 0.4) is 0 Å². The molecule has 2 N–H and O–H groups in total. The Hall–Kier alpha value is -1.14. The summed E-state index contributed by atoms with van der Waals surface area (Å²) in [5.74, 6) is 0.425. The zero-order valence-corrected chi connectivity index (χ0v) is 9.08. The highest BCUT2D eigenvalue weighted by atomic mass is 79.9. The average molecular weight is 261 g/mol. The number of nitro benzene ring substituents is 1. The van der Waals surface area contributed by atoms with Gasteiger partial charge in [-0.15, -0.1) is 0 Å². The maximum Gasteiger partial charge on any atom is 0.277 e. The first-order chi connectivity index (χ1) is 6.60. The summed E-state index contributed by atoms with van der Waals surface area (Å²) < 4.78 is 5.60. The second-order valence-electron chi connectivity index (χ2n) is 2.58. The van der Waals surface area contributed by atoms with Crippen LogP contribution in [0.1, 0.15) is 5.56 Å². The van der Waals surface area contributed by atoms with Gasteiger partial charge < -0.3 is 10.5 Å². The van der Waals surface area contributed by atoms with Crippen molar-refractivity contribution >= 4 is 21.6 Å². The van der Waals surface area contributed by atoms with Gasteiger partial charge in [0.15, 0.2) is 0 Å². The minimum absolute atomic E-state index is 0.0208. The molecule has 0 heterocycles. The Kier molecular flexibility index (Phi) is 3.43. The molecule has 0 unspecified atom stereocenters. The van der Waals surface area contributed by atoms with Crippen molar-refractivity contribution in [1.82, 2.24) is 0 Å². The number of nitrogens with zero attached hydrogens (tertiary/aromatic N) is 1. The van der Waals surface area contributed by atoms with E-state index in [1.54, 1.807) is 6.07 Å². The molecule has 0 radical (unpaired) electrons. The Balaban J connectivity index is 3.32. The zero-order valence-electron chi connectivity index (χ0n) is 7.49. The number of ether oxygens (including phenoxy) is 1. The maximum absolute atomic E-state index is 10.6. The van der Waals surface area contributed by atoms with Gasteiger partial charge in [-0.1, -0.05) is 0 Å². The van der Waals surface area contributed by atoms with E-state index >= 15 is 0 Å². The Morgan fingerprint density at radius 1 is 1.64 bits per heavy atom. The molecule has 0 aliphatic rings. The number of rotatable bonds is 3. The van der Waals surface area contributed by atoms with Crippen LogP contribution < -0.4 is 10.5 Å². The summed E-state index contributed by atoms with van der Waals surface area (Å²) in [5.41, 5.74) is 5.84. The molecule has 0 aliphatic carbocycles. The van der Waals surface area contributed by atoms with Gasteiger partial charge in [-0.2, -0.15) is 0 Å². The second-order valence-corrected chi connectivity index (χ2v) is 3.43. The zero-order chi connectivity index (χ0) is 10.7. The van der Waals surface area contributed by atoms with Crippen molar-refractivity contribution in [2.24, 2.45) is 5.73 Å². The van der Waals surface area contributed by atoms with Crippen molar-refractivity contribution in [3.63, 3.8) is 0 Å². The summed E-state index contributed by atoms with van der Waals surface area (Å²) in [4.78, 5) is 10.2. The van der Waals surface area contributed by atoms with E-state index in [0.29, 0.717) is 15.8 Å². The number of halogens is 1. The molecular weight excluding hydrogens is 252 g/mol. The molecule has 1 aromatic rings. The minimum Gasteiger partial charge on any atom is -0.495 e. The highest BCUT2D eigenvalue weighted by Crippen LogP contribution is 2.32. The van der Waals surface area contributed by atoms with Gasteiger partial charge in [-0.05, 0) is 22.0 Å². The third-order valence-corrected chi connectivity index (χ3v) is 2.39. The third-order valence-electron chi connectivity index (χ3n) is 1.77. The highest BCUT2D eigenvalue weighted by molar-refractivity contribution is 9.10. The molecule has 5 nitrogen and oxygen atoms in total. The first kappa shape index (κ1) is 10.9. The second kappa shape index (κ2) is 4.39. The van der Waals surface area contributed by atoms with Gasteiger partial charge in [0.05, 0.1) is 22.6 Å². The normalized spacial score (nSPS) is 9.93. The number of hydrogen-bond acceptors (Lipinski definition) is 4. The van der Waals surface area contributed by atoms with E-state index in [4.69, 9.17) is 10.5 Å². The monoisotopic (exact) mass is 260 g/mol. The van der Waals surface area contributed by atoms with Crippen molar-refractivity contribution in [1.29, 1.82) is 0 Å². The topological polar surface area (TPSA) is 78.4 Å². The molecule has 0 spiro atoms. The molecule has 0 bridgehead atoms. The number of hydrogen-bond donors (Lipinski definition) is 1. The van der Waals surface area contributed by atoms with E-state index in [1.165, 1.54) is 13.2 Å². The summed E-state index contributed by atoms with van der Waals surface area (Å²) in [7, 11) is 1.45. The van der Waals surface area contributed by atoms with E-state index in [2.05, 4.69) is 15.9 Å². The summed E-state index contributed by atoms with van der Waals surface area (Å²) >= 11 is 3.23. The van der Waals surface area contributed by atoms with Crippen LogP contribution in [0.5, 0.6) is 5.75 Å². The first-order valence-electron chi connectivity index (χ1n) is 3.81. The molecule has 0 saturated heterocycles. The van der Waals surface area contributed by atoms with Crippen LogP contribution in [0.2, 0.25) is 0 Å². The third kappa shape index (κ3) is 2.02. The quantitative estimate of drug-likeness (QED) is 0.664. The molecule has 0 atom stereocenters. The Morgan fingerprint density at radius 2 is 2.29 bits per heavy atom. The summed E-state index contributed by atoms with van der Waals surface area (Å²) in [6.07, 6.45) is 0. The molecule has 0 fully saturated rings. The van der Waals surface area contributed by atoms with Gasteiger partial charge in [0.2, 0.25) is 0 Å². The van der Waals surface area contributed by atoms with Crippen molar-refractivity contribution in [3.8, 4) is 5.75 Å². The van der Waals surface area contributed by atoms with Crippen LogP contribution in [0.15, 0.2) is 16.6 Å². The number of nitrogens with two attached hydrogens (primary N) is 1. The fourth-order valence-corrected chi connectivity index (χ4v) is 1.63. The summed E-state index contributed by atoms with van der Waals surface area (Å²) in [6, 6.07) is 2.95. The Labute approximate surface area is 89.1 Å². The molecule has 0 saturated carbocycles. The largest absolute Gasteiger partial charge is 0.495 e. The highest BCUT2D eigenvalue weighted by Gasteiger charge is 2.16. The average Bonchev–Trinajstić information content (AvgIpc) is 2.16. The molecular formula is C8H9BrN2O3. The van der Waals surface area contributed by atoms with E-state index in [1.807, 2.05) is 0 Å². The predicted octanol–water partition coefficient (Wildman–Crippen LogP) is 1.82. The SMILES string of the molecule is COc1cc([N+](=O)[O-])c(CN)cc1Br. The molecule has 1 rings (SSSR count). The minimum atomic E-state index is -0.475. The van der Waals surface area contributed by atoms with Gasteiger partial charge in [0.25, 0.3) is 5.69 Å². The molecule has 0 amide bonds. The van der Waals surface area contributed by atoms with Crippen molar-refractivity contribution in [3.05, 3.63) is 32.3 Å². The molecule has 76 valence electrons. The van der Waals surface area contributed by atoms with Gasteiger partial charge in [0, 0.05) is 12.1 Å². The lowest BCUT2D eigenvalue weighted by Crippen LogP contribution is -2.02. The fraction of sp³-hybridized carbons (Fsp3) is 0.250. The van der Waals surface area contributed by atoms with Crippen molar-refractivity contribution < 1.29 is 9.66 Å². The van der Waals surface area contributed by atoms with Gasteiger partial charge in [-0.3, -0.25) is 10.1 Å². The van der Waals surface area contributed by atoms with E-state index in [-0.39, 0.29) is 12.2 Å². The number of benzene rings is 1. The van der Waals surface area contributed by atoms with E-state index in [9.17, 15) is 10.1 Å². The molecule has 1 aromatic carbocycles. The summed E-state index contributed by atoms with van der Waals surface area (Å²) in [6.45, 7) is 0.124. The lowest BCUT2D eigenvalue weighted by molar-refractivity contribution is -0.385. The van der Waals surface area contributed by atoms with Crippen LogP contribution >= 0.6 is 15.9 Å². The van der Waals surface area contributed by atoms with E-state index < -0.39 is 4.92 Å². The van der Waals surface area contributed by atoms with Crippen LogP contribution in [0, 0.1) is 10.1 Å². The number of nitro groups is 1. The van der Waals surface area contributed by atoms with Gasteiger partial charge in [0.1, 0.15) is 5.75 Å². The molecule has 6 heteroatoms. The van der Waals surface area contributed by atoms with Crippen LogP contribution in [0.25, 0.3) is 0 Å². The Morgan fingerprint density at radius 3 is 2.71 bits per heavy atom. The van der Waals surface area contributed by atoms with E-state index in [0.717, 1.165) is 0 Å². The van der Waals surface area contributed by atoms with Gasteiger partial charge >= 0.3 is 0 Å². The molecule has 14 heavy (non-hydrogen) atoms.